The molecule has 6 heteroatoms. The van der Waals surface area contributed by atoms with E-state index in [1.54, 1.807) is 25.3 Å². The van der Waals surface area contributed by atoms with Crippen molar-refractivity contribution in [3.63, 3.8) is 0 Å². The van der Waals surface area contributed by atoms with Crippen molar-refractivity contribution in [1.29, 1.82) is 0 Å². The van der Waals surface area contributed by atoms with Crippen molar-refractivity contribution < 1.29 is 19.4 Å². The summed E-state index contributed by atoms with van der Waals surface area (Å²) in [6.45, 7) is 0.373. The van der Waals surface area contributed by atoms with Crippen LogP contribution < -0.4 is 9.47 Å². The number of ether oxygens (including phenoxy) is 2. The summed E-state index contributed by atoms with van der Waals surface area (Å²) in [5.41, 5.74) is 0.638. The third-order valence-electron chi connectivity index (χ3n) is 2.62. The number of thiophene rings is 1. The molecule has 0 saturated heterocycles. The summed E-state index contributed by atoms with van der Waals surface area (Å²) >= 11 is 7.31. The molecule has 0 saturated carbocycles. The van der Waals surface area contributed by atoms with E-state index in [1.165, 1.54) is 17.4 Å². The van der Waals surface area contributed by atoms with E-state index in [9.17, 15) is 4.79 Å². The van der Waals surface area contributed by atoms with E-state index in [2.05, 4.69) is 0 Å². The maximum atomic E-state index is 10.6. The second-order valence-corrected chi connectivity index (χ2v) is 5.87. The molecule has 1 aromatic heterocycles. The molecule has 1 N–H and O–H groups in total. The lowest BCUT2D eigenvalue weighted by Crippen LogP contribution is -1.96. The SMILES string of the molecule is COc1ccc(OCc2ccc(Cl)s2)c(/C=C/C(=O)O)c1. The van der Waals surface area contributed by atoms with E-state index in [-0.39, 0.29) is 0 Å². The molecular formula is C15H13ClO4S. The van der Waals surface area contributed by atoms with E-state index in [4.69, 9.17) is 26.2 Å². The smallest absolute Gasteiger partial charge is 0.328 e. The Morgan fingerprint density at radius 2 is 2.19 bits per heavy atom. The number of aliphatic carboxylic acids is 1. The molecule has 0 bridgehead atoms. The predicted molar refractivity (Wildman–Crippen MR) is 83.3 cm³/mol. The van der Waals surface area contributed by atoms with Gasteiger partial charge in [-0.3, -0.25) is 0 Å². The number of carbonyl (C=O) groups is 1. The van der Waals surface area contributed by atoms with Crippen LogP contribution in [0.15, 0.2) is 36.4 Å². The van der Waals surface area contributed by atoms with Crippen molar-refractivity contribution >= 4 is 35.0 Å². The molecule has 0 aliphatic rings. The summed E-state index contributed by atoms with van der Waals surface area (Å²) in [6, 6.07) is 8.92. The highest BCUT2D eigenvalue weighted by atomic mass is 35.5. The molecule has 21 heavy (non-hydrogen) atoms. The summed E-state index contributed by atoms with van der Waals surface area (Å²) in [7, 11) is 1.55. The Balaban J connectivity index is 2.18. The number of hydrogen-bond acceptors (Lipinski definition) is 4. The highest BCUT2D eigenvalue weighted by Gasteiger charge is 2.06. The lowest BCUT2D eigenvalue weighted by molar-refractivity contribution is -0.131. The monoisotopic (exact) mass is 324 g/mol. The van der Waals surface area contributed by atoms with Gasteiger partial charge in [0, 0.05) is 16.5 Å². The maximum Gasteiger partial charge on any atom is 0.328 e. The number of methoxy groups -OCH3 is 1. The van der Waals surface area contributed by atoms with Crippen LogP contribution >= 0.6 is 22.9 Å². The number of hydrogen-bond donors (Lipinski definition) is 1. The molecule has 0 aliphatic heterocycles. The van der Waals surface area contributed by atoms with Crippen LogP contribution in [0.25, 0.3) is 6.08 Å². The zero-order valence-corrected chi connectivity index (χ0v) is 12.8. The highest BCUT2D eigenvalue weighted by Crippen LogP contribution is 2.28. The van der Waals surface area contributed by atoms with Gasteiger partial charge < -0.3 is 14.6 Å². The lowest BCUT2D eigenvalue weighted by atomic mass is 10.1. The minimum absolute atomic E-state index is 0.373. The first-order chi connectivity index (χ1) is 10.1. The van der Waals surface area contributed by atoms with Crippen molar-refractivity contribution in [2.45, 2.75) is 6.61 Å². The normalized spacial score (nSPS) is 10.8. The number of rotatable bonds is 6. The Bertz CT molecular complexity index is 663. The first-order valence-electron chi connectivity index (χ1n) is 6.04. The molecule has 0 amide bonds. The van der Waals surface area contributed by atoms with E-state index < -0.39 is 5.97 Å². The van der Waals surface area contributed by atoms with Crippen molar-refractivity contribution in [2.75, 3.05) is 7.11 Å². The molecule has 1 aromatic carbocycles. The molecule has 110 valence electrons. The van der Waals surface area contributed by atoms with Crippen LogP contribution in [0.1, 0.15) is 10.4 Å². The van der Waals surface area contributed by atoms with Crippen LogP contribution in [0.3, 0.4) is 0 Å². The zero-order valence-electron chi connectivity index (χ0n) is 11.2. The molecule has 4 nitrogen and oxygen atoms in total. The first-order valence-corrected chi connectivity index (χ1v) is 7.24. The Morgan fingerprint density at radius 3 is 2.81 bits per heavy atom. The number of benzene rings is 1. The molecule has 0 unspecified atom stereocenters. The number of halogens is 1. The largest absolute Gasteiger partial charge is 0.497 e. The fourth-order valence-electron chi connectivity index (χ4n) is 1.65. The molecular weight excluding hydrogens is 312 g/mol. The van der Waals surface area contributed by atoms with Gasteiger partial charge in [0.05, 0.1) is 11.4 Å². The van der Waals surface area contributed by atoms with Gasteiger partial charge in [0.2, 0.25) is 0 Å². The summed E-state index contributed by atoms with van der Waals surface area (Å²) in [5, 5.41) is 8.73. The van der Waals surface area contributed by atoms with Crippen LogP contribution in [-0.4, -0.2) is 18.2 Å². The molecule has 0 fully saturated rings. The maximum absolute atomic E-state index is 10.6. The number of carboxylic acid groups (broad SMARTS) is 1. The topological polar surface area (TPSA) is 55.8 Å². The van der Waals surface area contributed by atoms with Gasteiger partial charge in [0.15, 0.2) is 0 Å². The van der Waals surface area contributed by atoms with Gasteiger partial charge in [0.1, 0.15) is 18.1 Å². The van der Waals surface area contributed by atoms with Gasteiger partial charge in [0.25, 0.3) is 0 Å². The van der Waals surface area contributed by atoms with Crippen LogP contribution in [0, 0.1) is 0 Å². The Hall–Kier alpha value is -1.98. The second-order valence-electron chi connectivity index (χ2n) is 4.07. The summed E-state index contributed by atoms with van der Waals surface area (Å²) in [5.74, 6) is 0.193. The van der Waals surface area contributed by atoms with Gasteiger partial charge in [-0.1, -0.05) is 11.6 Å². The minimum Gasteiger partial charge on any atom is -0.497 e. The van der Waals surface area contributed by atoms with Crippen LogP contribution in [0.4, 0.5) is 0 Å². The van der Waals surface area contributed by atoms with Crippen molar-refractivity contribution in [2.24, 2.45) is 0 Å². The van der Waals surface area contributed by atoms with Gasteiger partial charge in [-0.15, -0.1) is 11.3 Å². The average molecular weight is 325 g/mol. The number of carboxylic acids is 1. The first kappa shape index (κ1) is 15.4. The summed E-state index contributed by atoms with van der Waals surface area (Å²) in [4.78, 5) is 11.6. The van der Waals surface area contributed by atoms with Crippen LogP contribution in [0.5, 0.6) is 11.5 Å². The molecule has 0 aliphatic carbocycles. The Morgan fingerprint density at radius 1 is 1.38 bits per heavy atom. The summed E-state index contributed by atoms with van der Waals surface area (Å²) in [6.07, 6.45) is 2.53. The Kier molecular flexibility index (Phi) is 5.25. The van der Waals surface area contributed by atoms with Crippen molar-refractivity contribution in [1.82, 2.24) is 0 Å². The predicted octanol–water partition coefficient (Wildman–Crippen LogP) is 4.09. The molecule has 0 spiro atoms. The fourth-order valence-corrected chi connectivity index (χ4v) is 2.66. The standard InChI is InChI=1S/C15H13ClO4S/c1-19-11-3-5-13(10(8-11)2-7-15(17)18)20-9-12-4-6-14(16)21-12/h2-8H,9H2,1H3,(H,17,18)/b7-2+. The quantitative estimate of drug-likeness (QED) is 0.813. The van der Waals surface area contributed by atoms with Crippen LogP contribution in [-0.2, 0) is 11.4 Å². The molecule has 0 atom stereocenters. The second kappa shape index (κ2) is 7.15. The van der Waals surface area contributed by atoms with Gasteiger partial charge in [-0.05, 0) is 36.4 Å². The Labute approximate surface area is 131 Å². The third kappa shape index (κ3) is 4.51. The zero-order chi connectivity index (χ0) is 15.2. The highest BCUT2D eigenvalue weighted by molar-refractivity contribution is 7.16. The average Bonchev–Trinajstić information content (AvgIpc) is 2.88. The van der Waals surface area contributed by atoms with E-state index in [1.807, 2.05) is 12.1 Å². The van der Waals surface area contributed by atoms with Crippen LogP contribution in [0.2, 0.25) is 4.34 Å². The van der Waals surface area contributed by atoms with Crippen molar-refractivity contribution in [3.8, 4) is 11.5 Å². The van der Waals surface area contributed by atoms with E-state index in [0.717, 1.165) is 11.0 Å². The van der Waals surface area contributed by atoms with E-state index in [0.29, 0.717) is 28.0 Å². The molecule has 1 heterocycles. The third-order valence-corrected chi connectivity index (χ3v) is 3.83. The minimum atomic E-state index is -1.02. The lowest BCUT2D eigenvalue weighted by Gasteiger charge is -2.10. The summed E-state index contributed by atoms with van der Waals surface area (Å²) < 4.78 is 11.6. The van der Waals surface area contributed by atoms with E-state index >= 15 is 0 Å². The van der Waals surface area contributed by atoms with Gasteiger partial charge in [-0.2, -0.15) is 0 Å². The van der Waals surface area contributed by atoms with Gasteiger partial charge >= 0.3 is 5.97 Å². The van der Waals surface area contributed by atoms with Gasteiger partial charge in [-0.25, -0.2) is 4.79 Å². The molecule has 0 radical (unpaired) electrons. The fraction of sp³-hybridized carbons (Fsp3) is 0.133. The van der Waals surface area contributed by atoms with Crippen molar-refractivity contribution in [3.05, 3.63) is 51.2 Å². The molecule has 2 rings (SSSR count). The molecule has 2 aromatic rings.